The van der Waals surface area contributed by atoms with Crippen molar-refractivity contribution in [3.63, 3.8) is 0 Å². The molecule has 0 radical (unpaired) electrons. The number of piperazine rings is 1. The molecule has 1 aliphatic heterocycles. The van der Waals surface area contributed by atoms with Crippen LogP contribution in [-0.2, 0) is 0 Å². The van der Waals surface area contributed by atoms with Crippen LogP contribution in [0.2, 0.25) is 0 Å². The summed E-state index contributed by atoms with van der Waals surface area (Å²) in [5.41, 5.74) is 6.18. The molecule has 6 nitrogen and oxygen atoms in total. The molecule has 2 N–H and O–H groups in total. The van der Waals surface area contributed by atoms with Crippen molar-refractivity contribution in [2.24, 2.45) is 5.73 Å². The summed E-state index contributed by atoms with van der Waals surface area (Å²) < 4.78 is 0. The Kier molecular flexibility index (Phi) is 4.71. The van der Waals surface area contributed by atoms with Gasteiger partial charge in [-0.3, -0.25) is 10.1 Å². The Morgan fingerprint density at radius 1 is 1.35 bits per heavy atom. The van der Waals surface area contributed by atoms with Crippen LogP contribution >= 0.6 is 0 Å². The second kappa shape index (κ2) is 6.05. The van der Waals surface area contributed by atoms with E-state index in [0.29, 0.717) is 0 Å². The van der Waals surface area contributed by atoms with Gasteiger partial charge >= 0.3 is 0 Å². The Morgan fingerprint density at radius 3 is 2.41 bits per heavy atom. The molecule has 0 atom stereocenters. The Bertz CT molecular complexity index is 354. The monoisotopic (exact) mass is 238 g/mol. The van der Waals surface area contributed by atoms with Crippen molar-refractivity contribution >= 4 is 0 Å². The van der Waals surface area contributed by atoms with Gasteiger partial charge in [0, 0.05) is 38.5 Å². The van der Waals surface area contributed by atoms with Crippen molar-refractivity contribution in [3.8, 4) is 0 Å². The highest BCUT2D eigenvalue weighted by molar-refractivity contribution is 5.22. The average Bonchev–Trinajstić information content (AvgIpc) is 2.31. The Morgan fingerprint density at radius 2 is 1.94 bits per heavy atom. The van der Waals surface area contributed by atoms with Crippen LogP contribution in [0.25, 0.3) is 0 Å². The van der Waals surface area contributed by atoms with E-state index in [-0.39, 0.29) is 5.70 Å². The predicted molar refractivity (Wildman–Crippen MR) is 66.6 cm³/mol. The number of nitrogens with two attached hydrogens (primary N) is 1. The van der Waals surface area contributed by atoms with Crippen LogP contribution < -0.4 is 5.73 Å². The minimum Gasteiger partial charge on any atom is -0.403 e. The second-order valence-corrected chi connectivity index (χ2v) is 3.96. The zero-order valence-corrected chi connectivity index (χ0v) is 10.0. The van der Waals surface area contributed by atoms with Gasteiger partial charge in [-0.05, 0) is 19.7 Å². The maximum Gasteiger partial charge on any atom is 0.262 e. The van der Waals surface area contributed by atoms with Crippen LogP contribution in [0.4, 0.5) is 0 Å². The van der Waals surface area contributed by atoms with Gasteiger partial charge in [-0.25, -0.2) is 0 Å². The molecule has 1 saturated heterocycles. The van der Waals surface area contributed by atoms with E-state index in [2.05, 4.69) is 23.4 Å². The van der Waals surface area contributed by atoms with Gasteiger partial charge in [-0.1, -0.05) is 0 Å². The summed E-state index contributed by atoms with van der Waals surface area (Å²) in [5.74, 6) is 0. The van der Waals surface area contributed by atoms with Crippen molar-refractivity contribution in [2.75, 3.05) is 33.2 Å². The molecule has 0 aromatic heterocycles. The first kappa shape index (κ1) is 13.2. The Labute approximate surface area is 101 Å². The first-order valence-corrected chi connectivity index (χ1v) is 5.41. The molecule has 1 fully saturated rings. The lowest BCUT2D eigenvalue weighted by molar-refractivity contribution is -0.418. The van der Waals surface area contributed by atoms with E-state index >= 15 is 0 Å². The molecule has 1 aliphatic rings. The molecule has 0 aromatic rings. The van der Waals surface area contributed by atoms with E-state index in [1.807, 2.05) is 0 Å². The third-order valence-electron chi connectivity index (χ3n) is 2.72. The summed E-state index contributed by atoms with van der Waals surface area (Å²) in [6.45, 7) is 7.00. The molecule has 0 spiro atoms. The van der Waals surface area contributed by atoms with Gasteiger partial charge in [0.2, 0.25) is 0 Å². The summed E-state index contributed by atoms with van der Waals surface area (Å²) in [7, 11) is 2.06. The topological polar surface area (TPSA) is 75.6 Å². The molecule has 1 heterocycles. The molecule has 0 aromatic carbocycles. The van der Waals surface area contributed by atoms with Gasteiger partial charge in [-0.15, -0.1) is 0 Å². The number of hydrogen-bond acceptors (Lipinski definition) is 5. The fraction of sp³-hybridized carbons (Fsp3) is 0.455. The van der Waals surface area contributed by atoms with E-state index in [9.17, 15) is 10.1 Å². The first-order valence-electron chi connectivity index (χ1n) is 5.41. The fourth-order valence-electron chi connectivity index (χ4n) is 1.57. The van der Waals surface area contributed by atoms with E-state index in [0.717, 1.165) is 31.9 Å². The van der Waals surface area contributed by atoms with Gasteiger partial charge in [0.25, 0.3) is 5.70 Å². The van der Waals surface area contributed by atoms with Crippen molar-refractivity contribution in [1.29, 1.82) is 0 Å². The number of allylic oxidation sites excluding steroid dienone is 2. The molecule has 94 valence electrons. The summed E-state index contributed by atoms with van der Waals surface area (Å²) in [6.07, 6.45) is 4.47. The standard InChI is InChI=1S/C11H18N4O2/c1-10(15(16)17)3-4-11(9-12)14-7-5-13(2)6-8-14/h3-4,9H,1,5-8,12H2,2H3/b4-3-,11-9+. The maximum atomic E-state index is 10.4. The van der Waals surface area contributed by atoms with Gasteiger partial charge in [0.05, 0.1) is 10.6 Å². The SMILES string of the molecule is C=C(/C=C\C(=C/N)N1CCN(C)CC1)[N+](=O)[O-]. The fourth-order valence-corrected chi connectivity index (χ4v) is 1.57. The highest BCUT2D eigenvalue weighted by Crippen LogP contribution is 2.10. The van der Waals surface area contributed by atoms with E-state index in [4.69, 9.17) is 5.73 Å². The van der Waals surface area contributed by atoms with Crippen LogP contribution in [0, 0.1) is 10.1 Å². The van der Waals surface area contributed by atoms with Crippen LogP contribution in [-0.4, -0.2) is 47.9 Å². The minimum absolute atomic E-state index is 0.140. The number of likely N-dealkylation sites (N-methyl/N-ethyl adjacent to an activating group) is 1. The van der Waals surface area contributed by atoms with Gasteiger partial charge in [0.1, 0.15) is 0 Å². The second-order valence-electron chi connectivity index (χ2n) is 3.96. The number of nitrogens with zero attached hydrogens (tertiary/aromatic N) is 3. The number of hydrogen-bond donors (Lipinski definition) is 1. The Balaban J connectivity index is 2.61. The molecular formula is C11H18N4O2. The molecule has 6 heteroatoms. The molecule has 0 aliphatic carbocycles. The molecular weight excluding hydrogens is 220 g/mol. The van der Waals surface area contributed by atoms with Crippen molar-refractivity contribution in [3.05, 3.63) is 46.4 Å². The van der Waals surface area contributed by atoms with Crippen LogP contribution in [0.1, 0.15) is 0 Å². The predicted octanol–water partition coefficient (Wildman–Crippen LogP) is 0.381. The Hall–Kier alpha value is -1.82. The lowest BCUT2D eigenvalue weighted by Crippen LogP contribution is -2.43. The third-order valence-corrected chi connectivity index (χ3v) is 2.72. The molecule has 0 bridgehead atoms. The summed E-state index contributed by atoms with van der Waals surface area (Å²) in [6, 6.07) is 0. The van der Waals surface area contributed by atoms with Crippen molar-refractivity contribution in [2.45, 2.75) is 0 Å². The van der Waals surface area contributed by atoms with Crippen LogP contribution in [0.3, 0.4) is 0 Å². The smallest absolute Gasteiger partial charge is 0.262 e. The van der Waals surface area contributed by atoms with E-state index in [1.54, 1.807) is 6.08 Å². The average molecular weight is 238 g/mol. The number of nitro groups is 1. The number of rotatable bonds is 4. The molecule has 0 amide bonds. The van der Waals surface area contributed by atoms with Crippen LogP contribution in [0.5, 0.6) is 0 Å². The van der Waals surface area contributed by atoms with Crippen LogP contribution in [0.15, 0.2) is 36.3 Å². The molecule has 0 unspecified atom stereocenters. The third kappa shape index (κ3) is 3.92. The summed E-state index contributed by atoms with van der Waals surface area (Å²) in [4.78, 5) is 14.2. The minimum atomic E-state index is -0.519. The largest absolute Gasteiger partial charge is 0.403 e. The summed E-state index contributed by atoms with van der Waals surface area (Å²) in [5, 5.41) is 10.4. The first-order chi connectivity index (χ1) is 8.04. The quantitative estimate of drug-likeness (QED) is 0.435. The van der Waals surface area contributed by atoms with Gasteiger partial charge in [0.15, 0.2) is 0 Å². The summed E-state index contributed by atoms with van der Waals surface area (Å²) >= 11 is 0. The van der Waals surface area contributed by atoms with Gasteiger partial charge in [-0.2, -0.15) is 0 Å². The molecule has 17 heavy (non-hydrogen) atoms. The lowest BCUT2D eigenvalue weighted by atomic mass is 10.2. The van der Waals surface area contributed by atoms with E-state index < -0.39 is 4.92 Å². The van der Waals surface area contributed by atoms with E-state index in [1.165, 1.54) is 12.3 Å². The highest BCUT2D eigenvalue weighted by atomic mass is 16.6. The van der Waals surface area contributed by atoms with Crippen molar-refractivity contribution in [1.82, 2.24) is 9.80 Å². The zero-order chi connectivity index (χ0) is 12.8. The lowest BCUT2D eigenvalue weighted by Gasteiger charge is -2.34. The molecule has 1 rings (SSSR count). The van der Waals surface area contributed by atoms with Crippen molar-refractivity contribution < 1.29 is 4.92 Å². The highest BCUT2D eigenvalue weighted by Gasteiger charge is 2.14. The molecule has 0 saturated carbocycles. The van der Waals surface area contributed by atoms with Gasteiger partial charge < -0.3 is 15.5 Å². The zero-order valence-electron chi connectivity index (χ0n) is 10.0. The normalized spacial score (nSPS) is 18.6. The maximum absolute atomic E-state index is 10.4.